The van der Waals surface area contributed by atoms with Gasteiger partial charge >= 0.3 is 0 Å². The van der Waals surface area contributed by atoms with Gasteiger partial charge in [0.1, 0.15) is 0 Å². The van der Waals surface area contributed by atoms with E-state index in [1.807, 2.05) is 12.3 Å². The SMILES string of the molecule is CCS(=O)(=O)NCCN1CCC=C(c2cccnc2)C1. The summed E-state index contributed by atoms with van der Waals surface area (Å²) in [4.78, 5) is 6.40. The third kappa shape index (κ3) is 4.40. The maximum atomic E-state index is 11.4. The molecule has 1 aromatic heterocycles. The van der Waals surface area contributed by atoms with Gasteiger partial charge in [-0.3, -0.25) is 9.88 Å². The monoisotopic (exact) mass is 295 g/mol. The first-order valence-electron chi connectivity index (χ1n) is 6.90. The van der Waals surface area contributed by atoms with Crippen LogP contribution in [0.4, 0.5) is 0 Å². The van der Waals surface area contributed by atoms with E-state index in [0.29, 0.717) is 6.54 Å². The van der Waals surface area contributed by atoms with Gasteiger partial charge in [0.05, 0.1) is 5.75 Å². The number of nitrogens with one attached hydrogen (secondary N) is 1. The van der Waals surface area contributed by atoms with Crippen LogP contribution >= 0.6 is 0 Å². The first-order chi connectivity index (χ1) is 9.61. The second kappa shape index (κ2) is 6.97. The Morgan fingerprint density at radius 3 is 3.00 bits per heavy atom. The molecule has 0 aromatic carbocycles. The summed E-state index contributed by atoms with van der Waals surface area (Å²) in [6.45, 7) is 4.66. The number of hydrogen-bond donors (Lipinski definition) is 1. The standard InChI is InChI=1S/C14H21N3O2S/c1-2-20(18,19)16-8-10-17-9-4-6-14(12-17)13-5-3-7-15-11-13/h3,5-7,11,16H,2,4,8-10,12H2,1H3. The Bertz CT molecular complexity index is 555. The van der Waals surface area contributed by atoms with Gasteiger partial charge in [0.2, 0.25) is 10.0 Å². The van der Waals surface area contributed by atoms with E-state index in [9.17, 15) is 8.42 Å². The van der Waals surface area contributed by atoms with Crippen LogP contribution in [0.25, 0.3) is 5.57 Å². The highest BCUT2D eigenvalue weighted by Crippen LogP contribution is 2.19. The van der Waals surface area contributed by atoms with E-state index in [-0.39, 0.29) is 5.75 Å². The predicted octanol–water partition coefficient (Wildman–Crippen LogP) is 1.11. The van der Waals surface area contributed by atoms with E-state index in [0.717, 1.165) is 31.6 Å². The summed E-state index contributed by atoms with van der Waals surface area (Å²) >= 11 is 0. The van der Waals surface area contributed by atoms with Crippen LogP contribution in [0.15, 0.2) is 30.6 Å². The molecule has 0 amide bonds. The third-order valence-electron chi connectivity index (χ3n) is 3.39. The Morgan fingerprint density at radius 1 is 1.45 bits per heavy atom. The molecule has 0 spiro atoms. The minimum atomic E-state index is -3.09. The summed E-state index contributed by atoms with van der Waals surface area (Å²) in [5.41, 5.74) is 2.41. The van der Waals surface area contributed by atoms with Crippen LogP contribution in [0.3, 0.4) is 0 Å². The molecule has 2 heterocycles. The lowest BCUT2D eigenvalue weighted by molar-refractivity contribution is 0.309. The topological polar surface area (TPSA) is 62.3 Å². The number of pyridine rings is 1. The van der Waals surface area contributed by atoms with Crippen molar-refractivity contribution in [3.63, 3.8) is 0 Å². The molecule has 5 nitrogen and oxygen atoms in total. The van der Waals surface area contributed by atoms with E-state index >= 15 is 0 Å². The van der Waals surface area contributed by atoms with E-state index in [2.05, 4.69) is 26.7 Å². The summed E-state index contributed by atoms with van der Waals surface area (Å²) in [5.74, 6) is 0.133. The Kier molecular flexibility index (Phi) is 5.28. The van der Waals surface area contributed by atoms with Crippen molar-refractivity contribution in [1.82, 2.24) is 14.6 Å². The lowest BCUT2D eigenvalue weighted by atomic mass is 10.0. The third-order valence-corrected chi connectivity index (χ3v) is 4.80. The normalized spacial score (nSPS) is 16.9. The van der Waals surface area contributed by atoms with Crippen molar-refractivity contribution < 1.29 is 8.42 Å². The van der Waals surface area contributed by atoms with Crippen LogP contribution < -0.4 is 4.72 Å². The zero-order chi connectivity index (χ0) is 14.4. The van der Waals surface area contributed by atoms with Gasteiger partial charge in [-0.1, -0.05) is 12.1 Å². The lowest BCUT2D eigenvalue weighted by Crippen LogP contribution is -2.38. The summed E-state index contributed by atoms with van der Waals surface area (Å²) < 4.78 is 25.4. The number of hydrogen-bond acceptors (Lipinski definition) is 4. The summed E-state index contributed by atoms with van der Waals surface area (Å²) in [6.07, 6.45) is 6.87. The van der Waals surface area contributed by atoms with Crippen molar-refractivity contribution in [1.29, 1.82) is 0 Å². The molecule has 6 heteroatoms. The molecule has 1 aromatic rings. The van der Waals surface area contributed by atoms with Gasteiger partial charge in [0.25, 0.3) is 0 Å². The van der Waals surface area contributed by atoms with Crippen LogP contribution in [-0.2, 0) is 10.0 Å². The highest BCUT2D eigenvalue weighted by atomic mass is 32.2. The second-order valence-electron chi connectivity index (χ2n) is 4.83. The Morgan fingerprint density at radius 2 is 2.30 bits per heavy atom. The fourth-order valence-electron chi connectivity index (χ4n) is 2.22. The molecule has 2 rings (SSSR count). The molecule has 110 valence electrons. The average Bonchev–Trinajstić information content (AvgIpc) is 2.48. The van der Waals surface area contributed by atoms with E-state index in [1.54, 1.807) is 13.1 Å². The second-order valence-corrected chi connectivity index (χ2v) is 6.93. The van der Waals surface area contributed by atoms with Gasteiger partial charge in [0, 0.05) is 38.6 Å². The van der Waals surface area contributed by atoms with Gasteiger partial charge in [-0.15, -0.1) is 0 Å². The highest BCUT2D eigenvalue weighted by molar-refractivity contribution is 7.89. The molecular formula is C14H21N3O2S. The maximum absolute atomic E-state index is 11.4. The van der Waals surface area contributed by atoms with Crippen molar-refractivity contribution in [2.24, 2.45) is 0 Å². The smallest absolute Gasteiger partial charge is 0.211 e. The van der Waals surface area contributed by atoms with Crippen molar-refractivity contribution in [3.05, 3.63) is 36.2 Å². The molecule has 1 N–H and O–H groups in total. The zero-order valence-corrected chi connectivity index (χ0v) is 12.6. The molecule has 0 atom stereocenters. The van der Waals surface area contributed by atoms with E-state index < -0.39 is 10.0 Å². The van der Waals surface area contributed by atoms with E-state index in [1.165, 1.54) is 5.57 Å². The first kappa shape index (κ1) is 15.2. The minimum Gasteiger partial charge on any atom is -0.297 e. The molecule has 1 aliphatic heterocycles. The van der Waals surface area contributed by atoms with Crippen LogP contribution in [-0.4, -0.2) is 50.2 Å². The molecule has 0 aliphatic carbocycles. The van der Waals surface area contributed by atoms with Crippen LogP contribution in [0.1, 0.15) is 18.9 Å². The van der Waals surface area contributed by atoms with Gasteiger partial charge in [-0.2, -0.15) is 0 Å². The van der Waals surface area contributed by atoms with Crippen molar-refractivity contribution in [2.45, 2.75) is 13.3 Å². The van der Waals surface area contributed by atoms with Gasteiger partial charge < -0.3 is 0 Å². The molecule has 0 saturated heterocycles. The Hall–Kier alpha value is -1.24. The molecule has 0 bridgehead atoms. The quantitative estimate of drug-likeness (QED) is 0.854. The number of nitrogens with zero attached hydrogens (tertiary/aromatic N) is 2. The molecular weight excluding hydrogens is 274 g/mol. The van der Waals surface area contributed by atoms with Crippen LogP contribution in [0.2, 0.25) is 0 Å². The Labute approximate surface area is 120 Å². The molecule has 1 aliphatic rings. The molecule has 0 saturated carbocycles. The number of sulfonamides is 1. The van der Waals surface area contributed by atoms with E-state index in [4.69, 9.17) is 0 Å². The lowest BCUT2D eigenvalue weighted by Gasteiger charge is -2.27. The number of aromatic nitrogens is 1. The fraction of sp³-hybridized carbons (Fsp3) is 0.500. The van der Waals surface area contributed by atoms with Crippen molar-refractivity contribution >= 4 is 15.6 Å². The molecule has 0 unspecified atom stereocenters. The van der Waals surface area contributed by atoms with Gasteiger partial charge in [-0.25, -0.2) is 13.1 Å². The van der Waals surface area contributed by atoms with Gasteiger partial charge in [0.15, 0.2) is 0 Å². The summed E-state index contributed by atoms with van der Waals surface area (Å²) in [6, 6.07) is 3.99. The predicted molar refractivity (Wildman–Crippen MR) is 80.7 cm³/mol. The average molecular weight is 295 g/mol. The van der Waals surface area contributed by atoms with Crippen molar-refractivity contribution in [3.8, 4) is 0 Å². The summed E-state index contributed by atoms with van der Waals surface area (Å²) in [5, 5.41) is 0. The zero-order valence-electron chi connectivity index (χ0n) is 11.7. The molecule has 0 fully saturated rings. The maximum Gasteiger partial charge on any atom is 0.211 e. The van der Waals surface area contributed by atoms with Gasteiger partial charge in [-0.05, 0) is 30.5 Å². The largest absolute Gasteiger partial charge is 0.297 e. The minimum absolute atomic E-state index is 0.133. The molecule has 20 heavy (non-hydrogen) atoms. The fourth-order valence-corrected chi connectivity index (χ4v) is 2.83. The van der Waals surface area contributed by atoms with Crippen LogP contribution in [0, 0.1) is 0 Å². The van der Waals surface area contributed by atoms with Crippen molar-refractivity contribution in [2.75, 3.05) is 31.9 Å². The number of rotatable bonds is 6. The Balaban J connectivity index is 1.86. The highest BCUT2D eigenvalue weighted by Gasteiger charge is 2.14. The summed E-state index contributed by atoms with van der Waals surface area (Å²) in [7, 11) is -3.09. The van der Waals surface area contributed by atoms with Crippen LogP contribution in [0.5, 0.6) is 0 Å². The molecule has 0 radical (unpaired) electrons. The first-order valence-corrected chi connectivity index (χ1v) is 8.55.